The summed E-state index contributed by atoms with van der Waals surface area (Å²) in [6.45, 7) is 0. The summed E-state index contributed by atoms with van der Waals surface area (Å²) in [6.07, 6.45) is 0.349. The van der Waals surface area contributed by atoms with Crippen LogP contribution in [0.25, 0.3) is 0 Å². The summed E-state index contributed by atoms with van der Waals surface area (Å²) >= 11 is 6.18. The number of para-hydroxylation sites is 1. The van der Waals surface area contributed by atoms with Crippen LogP contribution in [0.15, 0.2) is 48.5 Å². The van der Waals surface area contributed by atoms with E-state index in [0.717, 1.165) is 11.1 Å². The van der Waals surface area contributed by atoms with E-state index in [2.05, 4.69) is 0 Å². The van der Waals surface area contributed by atoms with Gasteiger partial charge in [0.2, 0.25) is 0 Å². The Labute approximate surface area is 126 Å². The number of anilines is 1. The van der Waals surface area contributed by atoms with Gasteiger partial charge in [0.1, 0.15) is 11.9 Å². The molecule has 3 rings (SSSR count). The first-order valence-corrected chi connectivity index (χ1v) is 6.94. The average Bonchev–Trinajstić information content (AvgIpc) is 2.49. The van der Waals surface area contributed by atoms with Crippen molar-refractivity contribution in [2.24, 2.45) is 0 Å². The van der Waals surface area contributed by atoms with Gasteiger partial charge in [0.25, 0.3) is 0 Å². The first kappa shape index (κ1) is 13.9. The topological polar surface area (TPSA) is 40.5 Å². The van der Waals surface area contributed by atoms with E-state index in [4.69, 9.17) is 11.8 Å². The van der Waals surface area contributed by atoms with E-state index < -0.39 is 12.0 Å². The lowest BCUT2D eigenvalue weighted by Gasteiger charge is -2.35. The van der Waals surface area contributed by atoms with Gasteiger partial charge >= 0.3 is 5.97 Å². The standard InChI is InChI=1S/C16H13ClFNO2/c17-19-14-4-2-1-3-12(14)13(9-15(19)16(20)21)10-5-7-11(18)8-6-10/h1-8,13,15H,9H2,(H,20,21). The predicted octanol–water partition coefficient (Wildman–Crippen LogP) is 3.77. The normalized spacial score (nSPS) is 21.0. The summed E-state index contributed by atoms with van der Waals surface area (Å²) in [7, 11) is 0. The van der Waals surface area contributed by atoms with Crippen molar-refractivity contribution in [2.45, 2.75) is 18.4 Å². The second-order valence-electron chi connectivity index (χ2n) is 5.06. The van der Waals surface area contributed by atoms with Gasteiger partial charge in [0.05, 0.1) is 5.69 Å². The molecule has 1 aliphatic heterocycles. The van der Waals surface area contributed by atoms with E-state index in [9.17, 15) is 14.3 Å². The van der Waals surface area contributed by atoms with Gasteiger partial charge in [0, 0.05) is 17.7 Å². The average molecular weight is 306 g/mol. The summed E-state index contributed by atoms with van der Waals surface area (Å²) < 4.78 is 14.4. The Hall–Kier alpha value is -2.07. The highest BCUT2D eigenvalue weighted by Gasteiger charge is 2.36. The molecule has 21 heavy (non-hydrogen) atoms. The van der Waals surface area contributed by atoms with Crippen LogP contribution in [0, 0.1) is 5.82 Å². The molecule has 0 radical (unpaired) electrons. The molecule has 3 nitrogen and oxygen atoms in total. The molecule has 0 spiro atoms. The third-order valence-electron chi connectivity index (χ3n) is 3.83. The predicted molar refractivity (Wildman–Crippen MR) is 79.1 cm³/mol. The molecule has 1 N–H and O–H groups in total. The van der Waals surface area contributed by atoms with Gasteiger partial charge in [0.15, 0.2) is 0 Å². The number of hydrogen-bond acceptors (Lipinski definition) is 2. The van der Waals surface area contributed by atoms with Crippen LogP contribution in [0.2, 0.25) is 0 Å². The van der Waals surface area contributed by atoms with Crippen molar-refractivity contribution in [2.75, 3.05) is 4.42 Å². The molecule has 1 aliphatic rings. The monoisotopic (exact) mass is 305 g/mol. The minimum Gasteiger partial charge on any atom is -0.480 e. The molecule has 2 atom stereocenters. The van der Waals surface area contributed by atoms with Crippen LogP contribution < -0.4 is 4.42 Å². The summed E-state index contributed by atoms with van der Waals surface area (Å²) in [4.78, 5) is 11.4. The van der Waals surface area contributed by atoms with E-state index in [1.165, 1.54) is 16.6 Å². The maximum Gasteiger partial charge on any atom is 0.327 e. The van der Waals surface area contributed by atoms with Crippen molar-refractivity contribution < 1.29 is 14.3 Å². The maximum atomic E-state index is 13.1. The summed E-state index contributed by atoms with van der Waals surface area (Å²) in [6, 6.07) is 12.8. The first-order valence-electron chi connectivity index (χ1n) is 6.60. The Morgan fingerprint density at radius 1 is 1.19 bits per heavy atom. The molecule has 0 saturated heterocycles. The number of nitrogens with zero attached hydrogens (tertiary/aromatic N) is 1. The molecular weight excluding hydrogens is 293 g/mol. The quantitative estimate of drug-likeness (QED) is 0.859. The fraction of sp³-hybridized carbons (Fsp3) is 0.188. The molecule has 0 aliphatic carbocycles. The van der Waals surface area contributed by atoms with Crippen LogP contribution >= 0.6 is 11.8 Å². The number of fused-ring (bicyclic) bond motifs is 1. The minimum absolute atomic E-state index is 0.113. The molecule has 2 aromatic rings. The van der Waals surface area contributed by atoms with Gasteiger partial charge in [-0.15, -0.1) is 0 Å². The summed E-state index contributed by atoms with van der Waals surface area (Å²) in [5.41, 5.74) is 2.53. The Bertz CT molecular complexity index is 674. The Kier molecular flexibility index (Phi) is 3.55. The zero-order valence-electron chi connectivity index (χ0n) is 11.0. The molecule has 0 saturated carbocycles. The fourth-order valence-corrected chi connectivity index (χ4v) is 3.11. The number of rotatable bonds is 2. The molecule has 2 aromatic carbocycles. The summed E-state index contributed by atoms with van der Waals surface area (Å²) in [5.74, 6) is -1.39. The van der Waals surface area contributed by atoms with Gasteiger partial charge in [-0.25, -0.2) is 9.18 Å². The third-order valence-corrected chi connectivity index (χ3v) is 4.25. The zero-order valence-corrected chi connectivity index (χ0v) is 11.8. The smallest absolute Gasteiger partial charge is 0.327 e. The van der Waals surface area contributed by atoms with Crippen LogP contribution in [-0.2, 0) is 4.79 Å². The molecule has 0 amide bonds. The third kappa shape index (κ3) is 2.47. The van der Waals surface area contributed by atoms with Crippen LogP contribution in [0.5, 0.6) is 0 Å². The van der Waals surface area contributed by atoms with E-state index in [-0.39, 0.29) is 11.7 Å². The lowest BCUT2D eigenvalue weighted by atomic mass is 9.82. The molecular formula is C16H13ClFNO2. The van der Waals surface area contributed by atoms with Crippen molar-refractivity contribution in [3.8, 4) is 0 Å². The minimum atomic E-state index is -0.966. The van der Waals surface area contributed by atoms with Crippen molar-refractivity contribution >= 4 is 23.4 Å². The first-order chi connectivity index (χ1) is 10.1. The fourth-order valence-electron chi connectivity index (χ4n) is 2.80. The van der Waals surface area contributed by atoms with Crippen molar-refractivity contribution in [1.29, 1.82) is 0 Å². The second kappa shape index (κ2) is 5.37. The van der Waals surface area contributed by atoms with Crippen LogP contribution in [-0.4, -0.2) is 17.1 Å². The Balaban J connectivity index is 2.09. The number of aliphatic carboxylic acids is 1. The Morgan fingerprint density at radius 2 is 1.86 bits per heavy atom. The van der Waals surface area contributed by atoms with Crippen molar-refractivity contribution in [1.82, 2.24) is 0 Å². The van der Waals surface area contributed by atoms with Gasteiger partial charge in [-0.2, -0.15) is 0 Å². The van der Waals surface area contributed by atoms with Crippen LogP contribution in [0.3, 0.4) is 0 Å². The lowest BCUT2D eigenvalue weighted by Crippen LogP contribution is -2.40. The maximum absolute atomic E-state index is 13.1. The number of halogens is 2. The highest BCUT2D eigenvalue weighted by Crippen LogP contribution is 2.42. The number of carboxylic acid groups (broad SMARTS) is 1. The molecule has 0 fully saturated rings. The number of hydrogen-bond donors (Lipinski definition) is 1. The van der Waals surface area contributed by atoms with Gasteiger partial charge in [-0.3, -0.25) is 4.42 Å². The van der Waals surface area contributed by atoms with Crippen molar-refractivity contribution in [3.63, 3.8) is 0 Å². The highest BCUT2D eigenvalue weighted by atomic mass is 35.5. The molecule has 2 unspecified atom stereocenters. The SMILES string of the molecule is O=C(O)C1CC(c2ccc(F)cc2)c2ccccc2N1Cl. The van der Waals surface area contributed by atoms with Crippen LogP contribution in [0.1, 0.15) is 23.5 Å². The van der Waals surface area contributed by atoms with E-state index in [0.29, 0.717) is 12.1 Å². The highest BCUT2D eigenvalue weighted by molar-refractivity contribution is 6.28. The number of carbonyl (C=O) groups is 1. The van der Waals surface area contributed by atoms with Gasteiger partial charge < -0.3 is 5.11 Å². The zero-order chi connectivity index (χ0) is 15.0. The second-order valence-corrected chi connectivity index (χ2v) is 5.43. The molecule has 108 valence electrons. The largest absolute Gasteiger partial charge is 0.480 e. The van der Waals surface area contributed by atoms with E-state index >= 15 is 0 Å². The van der Waals surface area contributed by atoms with Gasteiger partial charge in [-0.1, -0.05) is 30.3 Å². The van der Waals surface area contributed by atoms with Crippen molar-refractivity contribution in [3.05, 3.63) is 65.5 Å². The number of carboxylic acids is 1. The molecule has 0 bridgehead atoms. The molecule has 0 aromatic heterocycles. The lowest BCUT2D eigenvalue weighted by molar-refractivity contribution is -0.138. The molecule has 5 heteroatoms. The van der Waals surface area contributed by atoms with Crippen LogP contribution in [0.4, 0.5) is 10.1 Å². The summed E-state index contributed by atoms with van der Waals surface area (Å²) in [5, 5.41) is 9.36. The van der Waals surface area contributed by atoms with E-state index in [1.807, 2.05) is 18.2 Å². The number of benzene rings is 2. The van der Waals surface area contributed by atoms with E-state index in [1.54, 1.807) is 18.2 Å². The van der Waals surface area contributed by atoms with Gasteiger partial charge in [-0.05, 0) is 35.7 Å². The Morgan fingerprint density at radius 3 is 2.52 bits per heavy atom. The molecule has 1 heterocycles.